The predicted molar refractivity (Wildman–Crippen MR) is 103 cm³/mol. The van der Waals surface area contributed by atoms with Crippen LogP contribution in [0.4, 0.5) is 0 Å². The van der Waals surface area contributed by atoms with Gasteiger partial charge in [0.2, 0.25) is 5.88 Å². The van der Waals surface area contributed by atoms with Crippen LogP contribution in [0, 0.1) is 23.2 Å². The van der Waals surface area contributed by atoms with Gasteiger partial charge in [0.25, 0.3) is 0 Å². The van der Waals surface area contributed by atoms with Crippen molar-refractivity contribution < 1.29 is 9.53 Å². The summed E-state index contributed by atoms with van der Waals surface area (Å²) in [5.74, 6) is 3.47. The monoisotopic (exact) mass is 349 g/mol. The molecular formula is C23H27NO2. The number of hydrogen-bond acceptors (Lipinski definition) is 3. The lowest BCUT2D eigenvalue weighted by molar-refractivity contribution is -0.0352. The van der Waals surface area contributed by atoms with E-state index in [2.05, 4.69) is 24.0 Å². The number of rotatable bonds is 4. The number of ketones is 1. The quantitative estimate of drug-likeness (QED) is 0.712. The number of ether oxygens (including phenoxy) is 1. The Labute approximate surface area is 155 Å². The molecule has 4 saturated carbocycles. The van der Waals surface area contributed by atoms with Crippen molar-refractivity contribution in [3.8, 4) is 5.88 Å². The van der Waals surface area contributed by atoms with E-state index in [1.165, 1.54) is 19.3 Å². The third kappa shape index (κ3) is 2.39. The zero-order valence-electron chi connectivity index (χ0n) is 15.8. The van der Waals surface area contributed by atoms with Crippen LogP contribution in [0.25, 0.3) is 10.9 Å². The standard InChI is InChI=1S/C23H27NO2/c1-3-17-9-19-10-18(4-5-20(19)24-22(17)26-2)21(25)23-11-14-6-15(12-23)8-16(7-14)13-23/h4-5,9-10,14-16H,3,6-8,11-13H2,1-2H3. The summed E-state index contributed by atoms with van der Waals surface area (Å²) >= 11 is 0. The molecule has 0 amide bonds. The van der Waals surface area contributed by atoms with Crippen molar-refractivity contribution in [3.05, 3.63) is 35.4 Å². The van der Waals surface area contributed by atoms with Crippen molar-refractivity contribution in [1.82, 2.24) is 4.98 Å². The van der Waals surface area contributed by atoms with E-state index >= 15 is 0 Å². The number of methoxy groups -OCH3 is 1. The van der Waals surface area contributed by atoms with Crippen LogP contribution in [0.5, 0.6) is 5.88 Å². The fourth-order valence-electron chi connectivity index (χ4n) is 6.47. The third-order valence-electron chi connectivity index (χ3n) is 7.21. The third-order valence-corrected chi connectivity index (χ3v) is 7.21. The van der Waals surface area contributed by atoms with Crippen LogP contribution >= 0.6 is 0 Å². The van der Waals surface area contributed by atoms with Crippen molar-refractivity contribution in [3.63, 3.8) is 0 Å². The summed E-state index contributed by atoms with van der Waals surface area (Å²) < 4.78 is 5.41. The van der Waals surface area contributed by atoms with Crippen molar-refractivity contribution in [2.24, 2.45) is 23.2 Å². The maximum atomic E-state index is 13.6. The number of aryl methyl sites for hydroxylation is 1. The van der Waals surface area contributed by atoms with E-state index in [4.69, 9.17) is 4.74 Å². The van der Waals surface area contributed by atoms with Gasteiger partial charge in [-0.05, 0) is 87.0 Å². The molecule has 0 spiro atoms. The Morgan fingerprint density at radius 2 is 1.77 bits per heavy atom. The minimum absolute atomic E-state index is 0.0735. The van der Waals surface area contributed by atoms with Gasteiger partial charge in [0, 0.05) is 21.9 Å². The number of aromatic nitrogens is 1. The van der Waals surface area contributed by atoms with Gasteiger partial charge >= 0.3 is 0 Å². The van der Waals surface area contributed by atoms with Crippen LogP contribution in [0.2, 0.25) is 0 Å². The molecule has 3 nitrogen and oxygen atoms in total. The van der Waals surface area contributed by atoms with E-state index in [9.17, 15) is 4.79 Å². The molecule has 6 rings (SSSR count). The molecule has 26 heavy (non-hydrogen) atoms. The predicted octanol–water partition coefficient (Wildman–Crippen LogP) is 5.20. The number of nitrogens with zero attached hydrogens (tertiary/aromatic N) is 1. The van der Waals surface area contributed by atoms with Gasteiger partial charge in [0.05, 0.1) is 12.6 Å². The van der Waals surface area contributed by atoms with Gasteiger partial charge in [-0.2, -0.15) is 0 Å². The summed E-state index contributed by atoms with van der Waals surface area (Å²) in [6.45, 7) is 2.11. The molecule has 4 aliphatic rings. The van der Waals surface area contributed by atoms with Crippen LogP contribution in [-0.2, 0) is 6.42 Å². The molecule has 2 aromatic rings. The summed E-state index contributed by atoms with van der Waals surface area (Å²) in [5.41, 5.74) is 2.81. The van der Waals surface area contributed by atoms with Gasteiger partial charge in [-0.1, -0.05) is 6.92 Å². The zero-order chi connectivity index (χ0) is 17.9. The highest BCUT2D eigenvalue weighted by Gasteiger charge is 2.54. The second-order valence-corrected chi connectivity index (χ2v) is 8.94. The smallest absolute Gasteiger partial charge is 0.216 e. The van der Waals surface area contributed by atoms with Gasteiger partial charge in [-0.25, -0.2) is 4.98 Å². The maximum absolute atomic E-state index is 13.6. The van der Waals surface area contributed by atoms with Crippen molar-refractivity contribution >= 4 is 16.7 Å². The number of benzene rings is 1. The molecule has 0 N–H and O–H groups in total. The number of Topliss-reactive ketones (excluding diaryl/α,β-unsaturated/α-hetero) is 1. The summed E-state index contributed by atoms with van der Waals surface area (Å²) in [4.78, 5) is 18.2. The first-order valence-corrected chi connectivity index (χ1v) is 10.1. The molecule has 0 unspecified atom stereocenters. The Kier molecular flexibility index (Phi) is 3.63. The van der Waals surface area contributed by atoms with Gasteiger partial charge in [-0.15, -0.1) is 0 Å². The topological polar surface area (TPSA) is 39.2 Å². The van der Waals surface area contributed by atoms with Crippen LogP contribution in [0.1, 0.15) is 61.4 Å². The minimum Gasteiger partial charge on any atom is -0.481 e. The Morgan fingerprint density at radius 3 is 2.35 bits per heavy atom. The fourth-order valence-corrected chi connectivity index (χ4v) is 6.47. The molecule has 0 aliphatic heterocycles. The van der Waals surface area contributed by atoms with Crippen LogP contribution in [-0.4, -0.2) is 17.9 Å². The van der Waals surface area contributed by atoms with E-state index in [0.29, 0.717) is 11.7 Å². The Hall–Kier alpha value is -1.90. The molecule has 3 heteroatoms. The molecule has 4 aliphatic carbocycles. The first-order valence-electron chi connectivity index (χ1n) is 10.1. The van der Waals surface area contributed by atoms with Crippen LogP contribution < -0.4 is 4.74 Å². The first-order chi connectivity index (χ1) is 12.6. The highest BCUT2D eigenvalue weighted by atomic mass is 16.5. The Balaban J connectivity index is 1.53. The van der Waals surface area contributed by atoms with E-state index in [1.807, 2.05) is 12.1 Å². The molecule has 4 bridgehead atoms. The van der Waals surface area contributed by atoms with E-state index in [-0.39, 0.29) is 5.41 Å². The first kappa shape index (κ1) is 16.3. The minimum atomic E-state index is -0.0735. The van der Waals surface area contributed by atoms with E-state index in [1.54, 1.807) is 7.11 Å². The number of carbonyl (C=O) groups is 1. The molecule has 1 aromatic heterocycles. The molecular weight excluding hydrogens is 322 g/mol. The van der Waals surface area contributed by atoms with Crippen molar-refractivity contribution in [2.45, 2.75) is 51.9 Å². The maximum Gasteiger partial charge on any atom is 0.216 e. The summed E-state index contributed by atoms with van der Waals surface area (Å²) in [7, 11) is 1.66. The number of carbonyl (C=O) groups excluding carboxylic acids is 1. The molecule has 136 valence electrons. The second-order valence-electron chi connectivity index (χ2n) is 8.94. The number of fused-ring (bicyclic) bond motifs is 1. The molecule has 0 saturated heterocycles. The lowest BCUT2D eigenvalue weighted by Gasteiger charge is -2.56. The van der Waals surface area contributed by atoms with Crippen molar-refractivity contribution in [2.75, 3.05) is 7.11 Å². The summed E-state index contributed by atoms with van der Waals surface area (Å²) in [6.07, 6.45) is 8.35. The molecule has 0 radical (unpaired) electrons. The number of hydrogen-bond donors (Lipinski definition) is 0. The number of pyridine rings is 1. The Bertz CT molecular complexity index is 850. The van der Waals surface area contributed by atoms with Gasteiger partial charge in [-0.3, -0.25) is 4.79 Å². The molecule has 0 atom stereocenters. The van der Waals surface area contributed by atoms with Crippen molar-refractivity contribution in [1.29, 1.82) is 0 Å². The second kappa shape index (κ2) is 5.80. The van der Waals surface area contributed by atoms with Gasteiger partial charge in [0.15, 0.2) is 5.78 Å². The Morgan fingerprint density at radius 1 is 1.12 bits per heavy atom. The highest BCUT2D eigenvalue weighted by Crippen LogP contribution is 2.61. The molecule has 1 heterocycles. The van der Waals surface area contributed by atoms with Crippen LogP contribution in [0.15, 0.2) is 24.3 Å². The van der Waals surface area contributed by atoms with Gasteiger partial charge in [0.1, 0.15) is 0 Å². The van der Waals surface area contributed by atoms with E-state index in [0.717, 1.165) is 65.5 Å². The largest absolute Gasteiger partial charge is 0.481 e. The molecule has 4 fully saturated rings. The summed E-state index contributed by atoms with van der Waals surface area (Å²) in [6, 6.07) is 8.19. The van der Waals surface area contributed by atoms with Gasteiger partial charge < -0.3 is 4.74 Å². The normalized spacial score (nSPS) is 32.2. The van der Waals surface area contributed by atoms with Crippen LogP contribution in [0.3, 0.4) is 0 Å². The fraction of sp³-hybridized carbons (Fsp3) is 0.565. The molecule has 1 aromatic carbocycles. The SMILES string of the molecule is CCc1cc2cc(C(=O)C34CC5CC(CC(C5)C3)C4)ccc2nc1OC. The lowest BCUT2D eigenvalue weighted by atomic mass is 9.48. The van der Waals surface area contributed by atoms with E-state index < -0.39 is 0 Å². The summed E-state index contributed by atoms with van der Waals surface area (Å²) in [5, 5.41) is 1.05. The zero-order valence-corrected chi connectivity index (χ0v) is 15.8. The highest BCUT2D eigenvalue weighted by molar-refractivity contribution is 6.03. The lowest BCUT2D eigenvalue weighted by Crippen LogP contribution is -2.50. The average molecular weight is 349 g/mol. The average Bonchev–Trinajstić information content (AvgIpc) is 2.64.